The second kappa shape index (κ2) is 8.17. The zero-order valence-electron chi connectivity index (χ0n) is 17.4. The van der Waals surface area contributed by atoms with E-state index in [2.05, 4.69) is 6.07 Å². The van der Waals surface area contributed by atoms with E-state index in [4.69, 9.17) is 14.2 Å². The lowest BCUT2D eigenvalue weighted by molar-refractivity contribution is -0.149. The normalized spacial score (nSPS) is 22.7. The first kappa shape index (κ1) is 21.1. The van der Waals surface area contributed by atoms with E-state index >= 15 is 0 Å². The number of fused-ring (bicyclic) bond motifs is 1. The number of ether oxygens (including phenoxy) is 3. The molecule has 2 aromatic carbocycles. The monoisotopic (exact) mass is 438 g/mol. The molecular formula is C23H22N2O5S. The number of nitrogens with zero attached hydrogens (tertiary/aromatic N) is 2. The molecule has 0 unspecified atom stereocenters. The second-order valence-corrected chi connectivity index (χ2v) is 8.20. The summed E-state index contributed by atoms with van der Waals surface area (Å²) in [6, 6.07) is 14.7. The Bertz CT molecular complexity index is 1110. The van der Waals surface area contributed by atoms with Gasteiger partial charge in [-0.2, -0.15) is 5.26 Å². The van der Waals surface area contributed by atoms with Crippen LogP contribution >= 0.6 is 11.8 Å². The van der Waals surface area contributed by atoms with Crippen molar-refractivity contribution in [2.24, 2.45) is 0 Å². The van der Waals surface area contributed by atoms with Crippen molar-refractivity contribution in [3.8, 4) is 23.3 Å². The number of hydrogen-bond acceptors (Lipinski definition) is 7. The highest BCUT2D eigenvalue weighted by Crippen LogP contribution is 2.53. The van der Waals surface area contributed by atoms with Gasteiger partial charge in [0.15, 0.2) is 17.2 Å². The van der Waals surface area contributed by atoms with Crippen LogP contribution in [0.2, 0.25) is 0 Å². The summed E-state index contributed by atoms with van der Waals surface area (Å²) in [5, 5.41) is 22.0. The summed E-state index contributed by atoms with van der Waals surface area (Å²) in [4.78, 5) is 14.7. The maximum absolute atomic E-state index is 13.3. The van der Waals surface area contributed by atoms with Crippen LogP contribution in [0.1, 0.15) is 23.5 Å². The molecule has 1 fully saturated rings. The van der Waals surface area contributed by atoms with Crippen LogP contribution in [0.15, 0.2) is 53.1 Å². The molecule has 160 valence electrons. The number of allylic oxidation sites excluding steroid dienone is 1. The molecule has 1 saturated heterocycles. The Morgan fingerprint density at radius 1 is 1.16 bits per heavy atom. The molecule has 2 atom stereocenters. The summed E-state index contributed by atoms with van der Waals surface area (Å²) in [5.41, 5.74) is 0.112. The van der Waals surface area contributed by atoms with Crippen LogP contribution < -0.4 is 14.2 Å². The maximum atomic E-state index is 13.3. The van der Waals surface area contributed by atoms with Crippen molar-refractivity contribution in [1.82, 2.24) is 4.90 Å². The molecule has 0 saturated carbocycles. The number of thioether (sulfide) groups is 1. The smallest absolute Gasteiger partial charge is 0.231 e. The third kappa shape index (κ3) is 3.30. The van der Waals surface area contributed by atoms with Crippen molar-refractivity contribution in [3.05, 3.63) is 64.2 Å². The highest BCUT2D eigenvalue weighted by Gasteiger charge is 2.52. The SMILES string of the molecule is COc1cccc([C@@]2(O)CSC3=C(C#N)[C@H](c4cccc(OC)c4OC)CC(=O)N32)c1. The number of rotatable bonds is 5. The quantitative estimate of drug-likeness (QED) is 0.765. The van der Waals surface area contributed by atoms with Crippen molar-refractivity contribution >= 4 is 17.7 Å². The Morgan fingerprint density at radius 2 is 1.94 bits per heavy atom. The number of nitriles is 1. The highest BCUT2D eigenvalue weighted by atomic mass is 32.2. The first-order valence-corrected chi connectivity index (χ1v) is 10.6. The number of carbonyl (C=O) groups is 1. The lowest BCUT2D eigenvalue weighted by atomic mass is 9.84. The van der Waals surface area contributed by atoms with Gasteiger partial charge in [-0.1, -0.05) is 24.3 Å². The summed E-state index contributed by atoms with van der Waals surface area (Å²) < 4.78 is 16.2. The summed E-state index contributed by atoms with van der Waals surface area (Å²) in [7, 11) is 4.62. The lowest BCUT2D eigenvalue weighted by Gasteiger charge is -2.38. The summed E-state index contributed by atoms with van der Waals surface area (Å²) >= 11 is 1.30. The molecule has 1 N–H and O–H groups in total. The third-order valence-corrected chi connectivity index (χ3v) is 6.87. The van der Waals surface area contributed by atoms with Crippen molar-refractivity contribution in [2.75, 3.05) is 27.1 Å². The number of methoxy groups -OCH3 is 3. The van der Waals surface area contributed by atoms with Crippen molar-refractivity contribution in [1.29, 1.82) is 5.26 Å². The summed E-state index contributed by atoms with van der Waals surface area (Å²) in [5.74, 6) is 1.07. The molecule has 8 heteroatoms. The van der Waals surface area contributed by atoms with E-state index in [-0.39, 0.29) is 18.1 Å². The van der Waals surface area contributed by atoms with E-state index in [1.54, 1.807) is 44.6 Å². The molecule has 0 aliphatic carbocycles. The number of benzene rings is 2. The molecular weight excluding hydrogens is 416 g/mol. The minimum atomic E-state index is -1.56. The van der Waals surface area contributed by atoms with Crippen LogP contribution in [0.5, 0.6) is 17.2 Å². The van der Waals surface area contributed by atoms with Gasteiger partial charge in [-0.15, -0.1) is 11.8 Å². The van der Waals surface area contributed by atoms with Crippen LogP contribution in [0.25, 0.3) is 0 Å². The Labute approximate surface area is 184 Å². The van der Waals surface area contributed by atoms with E-state index in [0.717, 1.165) is 0 Å². The van der Waals surface area contributed by atoms with Gasteiger partial charge in [-0.05, 0) is 18.2 Å². The average molecular weight is 439 g/mol. The Kier molecular flexibility index (Phi) is 5.56. The average Bonchev–Trinajstić information content (AvgIpc) is 3.17. The number of para-hydroxylation sites is 1. The Balaban J connectivity index is 1.83. The predicted octanol–water partition coefficient (Wildman–Crippen LogP) is 3.36. The fourth-order valence-electron chi connectivity index (χ4n) is 4.16. The first-order chi connectivity index (χ1) is 15.0. The number of aliphatic hydroxyl groups is 1. The Hall–Kier alpha value is -3.15. The van der Waals surface area contributed by atoms with E-state index in [9.17, 15) is 15.2 Å². The lowest BCUT2D eigenvalue weighted by Crippen LogP contribution is -2.48. The van der Waals surface area contributed by atoms with Gasteiger partial charge < -0.3 is 19.3 Å². The standard InChI is InChI=1S/C23H22N2O5S/c1-28-15-7-4-6-14(10-15)23(27)13-31-22-18(12-24)17(11-20(26)25(22)23)16-8-5-9-19(29-2)21(16)30-3/h4-10,17,27H,11,13H2,1-3H3/t17-,23-/m0/s1. The Morgan fingerprint density at radius 3 is 2.61 bits per heavy atom. The van der Waals surface area contributed by atoms with Gasteiger partial charge in [-0.25, -0.2) is 0 Å². The topological polar surface area (TPSA) is 92.0 Å². The molecule has 2 aliphatic heterocycles. The van der Waals surface area contributed by atoms with Gasteiger partial charge in [0.25, 0.3) is 0 Å². The molecule has 7 nitrogen and oxygen atoms in total. The van der Waals surface area contributed by atoms with Gasteiger partial charge in [0.1, 0.15) is 5.75 Å². The second-order valence-electron chi connectivity index (χ2n) is 7.24. The predicted molar refractivity (Wildman–Crippen MR) is 116 cm³/mol. The third-order valence-electron chi connectivity index (χ3n) is 5.65. The molecule has 2 heterocycles. The molecule has 0 bridgehead atoms. The van der Waals surface area contributed by atoms with Gasteiger partial charge >= 0.3 is 0 Å². The number of carbonyl (C=O) groups excluding carboxylic acids is 1. The van der Waals surface area contributed by atoms with Crippen molar-refractivity contribution < 1.29 is 24.1 Å². The van der Waals surface area contributed by atoms with E-state index in [1.165, 1.54) is 23.8 Å². The van der Waals surface area contributed by atoms with Crippen molar-refractivity contribution in [3.63, 3.8) is 0 Å². The minimum absolute atomic E-state index is 0.0305. The molecule has 2 aliphatic rings. The summed E-state index contributed by atoms with van der Waals surface area (Å²) in [6.07, 6.45) is 0.0305. The van der Waals surface area contributed by atoms with Crippen LogP contribution in [-0.2, 0) is 10.5 Å². The van der Waals surface area contributed by atoms with Crippen LogP contribution in [0, 0.1) is 11.3 Å². The highest BCUT2D eigenvalue weighted by molar-refractivity contribution is 8.03. The van der Waals surface area contributed by atoms with Crippen molar-refractivity contribution in [2.45, 2.75) is 18.1 Å². The number of hydrogen-bond donors (Lipinski definition) is 1. The fourth-order valence-corrected chi connectivity index (χ4v) is 5.52. The van der Waals surface area contributed by atoms with Crippen LogP contribution in [0.3, 0.4) is 0 Å². The molecule has 4 rings (SSSR count). The minimum Gasteiger partial charge on any atom is -0.497 e. The van der Waals surface area contributed by atoms with E-state index < -0.39 is 11.6 Å². The molecule has 0 aromatic heterocycles. The fraction of sp³-hybridized carbons (Fsp3) is 0.304. The summed E-state index contributed by atoms with van der Waals surface area (Å²) in [6.45, 7) is 0. The van der Waals surface area contributed by atoms with E-state index in [0.29, 0.717) is 39.0 Å². The maximum Gasteiger partial charge on any atom is 0.231 e. The number of amides is 1. The molecule has 31 heavy (non-hydrogen) atoms. The van der Waals surface area contributed by atoms with Crippen LogP contribution in [-0.4, -0.2) is 43.0 Å². The first-order valence-electron chi connectivity index (χ1n) is 9.66. The zero-order chi connectivity index (χ0) is 22.2. The van der Waals surface area contributed by atoms with Gasteiger partial charge in [0.2, 0.25) is 5.91 Å². The molecule has 1 amide bonds. The molecule has 0 spiro atoms. The largest absolute Gasteiger partial charge is 0.497 e. The van der Waals surface area contributed by atoms with Gasteiger partial charge in [0, 0.05) is 23.5 Å². The van der Waals surface area contributed by atoms with Gasteiger partial charge in [-0.3, -0.25) is 9.69 Å². The van der Waals surface area contributed by atoms with E-state index in [1.807, 2.05) is 12.1 Å². The van der Waals surface area contributed by atoms with Gasteiger partial charge in [0.05, 0.1) is 43.8 Å². The molecule has 2 aromatic rings. The molecule has 0 radical (unpaired) electrons. The zero-order valence-corrected chi connectivity index (χ0v) is 18.2. The van der Waals surface area contributed by atoms with Crippen LogP contribution in [0.4, 0.5) is 0 Å².